The van der Waals surface area contributed by atoms with Crippen molar-refractivity contribution in [1.82, 2.24) is 24.9 Å². The van der Waals surface area contributed by atoms with Crippen LogP contribution in [-0.4, -0.2) is 84.9 Å². The van der Waals surface area contributed by atoms with Crippen LogP contribution in [-0.2, 0) is 9.30 Å². The number of aliphatic imine (C=N–C) groups is 1. The molecule has 236 valence electrons. The lowest BCUT2D eigenvalue weighted by Gasteiger charge is -2.56. The number of aromatic amines is 1. The van der Waals surface area contributed by atoms with Crippen LogP contribution >= 0.6 is 7.14 Å². The lowest BCUT2D eigenvalue weighted by molar-refractivity contribution is -0.127. The van der Waals surface area contributed by atoms with Crippen LogP contribution in [0.4, 0.5) is 28.8 Å². The van der Waals surface area contributed by atoms with E-state index in [0.717, 1.165) is 48.5 Å². The molecule has 0 unspecified atom stereocenters. The first-order chi connectivity index (χ1) is 22.2. The summed E-state index contributed by atoms with van der Waals surface area (Å²) in [5, 5.41) is 8.17. The fourth-order valence-electron chi connectivity index (χ4n) is 6.19. The van der Waals surface area contributed by atoms with Crippen molar-refractivity contribution < 1.29 is 14.0 Å². The minimum atomic E-state index is -2.79. The molecule has 5 aromatic rings. The smallest absolute Gasteiger partial charge is 0.231 e. The first-order valence-corrected chi connectivity index (χ1v) is 17.4. The number of fused-ring (bicyclic) bond motifs is 2. The number of hydrogen-bond acceptors (Lipinski definition) is 12. The summed E-state index contributed by atoms with van der Waals surface area (Å²) in [6, 6.07) is 9.59. The molecule has 0 amide bonds. The Balaban J connectivity index is 1.29. The molecule has 2 saturated heterocycles. The molecule has 0 atom stereocenters. The van der Waals surface area contributed by atoms with Crippen molar-refractivity contribution in [2.24, 2.45) is 16.1 Å². The van der Waals surface area contributed by atoms with Crippen molar-refractivity contribution in [3.05, 3.63) is 60.7 Å². The zero-order valence-corrected chi connectivity index (χ0v) is 26.9. The van der Waals surface area contributed by atoms with Crippen LogP contribution in [0.5, 0.6) is 5.75 Å². The Morgan fingerprint density at radius 3 is 2.63 bits per heavy atom. The molecule has 46 heavy (non-hydrogen) atoms. The molecule has 0 saturated carbocycles. The summed E-state index contributed by atoms with van der Waals surface area (Å²) in [5.41, 5.74) is 12.1. The van der Waals surface area contributed by atoms with Gasteiger partial charge in [0, 0.05) is 74.0 Å². The standard InChI is InChI=1S/C32H35N10O3P/c1-34-14-19(13-33)21-11-24(26(44-2)12-25(21)42-15-32(16-42)17-45-18-32)39-31-40-29-20(7-8-37-29)30(41-31)38-23-6-5-22-27(36-10-9-35-22)28(23)46(3,4)43/h5-14H,15-18,33H2,1-4H3,(H3,37,38,39,40,41). The Morgan fingerprint density at radius 2 is 1.93 bits per heavy atom. The number of nitrogens with one attached hydrogen (secondary N) is 3. The van der Waals surface area contributed by atoms with Crippen LogP contribution in [0.15, 0.2) is 60.1 Å². The number of nitrogens with zero attached hydrogens (tertiary/aromatic N) is 6. The van der Waals surface area contributed by atoms with Gasteiger partial charge in [-0.1, -0.05) is 0 Å². The van der Waals surface area contributed by atoms with Gasteiger partial charge in [0.05, 0.1) is 53.3 Å². The third-order valence-electron chi connectivity index (χ3n) is 8.35. The van der Waals surface area contributed by atoms with E-state index in [9.17, 15) is 4.57 Å². The highest BCUT2D eigenvalue weighted by molar-refractivity contribution is 7.71. The number of aromatic nitrogens is 5. The molecule has 13 nitrogen and oxygen atoms in total. The van der Waals surface area contributed by atoms with Crippen LogP contribution in [0.2, 0.25) is 0 Å². The van der Waals surface area contributed by atoms with Gasteiger partial charge in [-0.2, -0.15) is 9.97 Å². The molecule has 7 rings (SSSR count). The van der Waals surface area contributed by atoms with Crippen LogP contribution in [0.1, 0.15) is 5.56 Å². The molecule has 1 spiro atoms. The largest absolute Gasteiger partial charge is 0.494 e. The van der Waals surface area contributed by atoms with Gasteiger partial charge < -0.3 is 40.3 Å². The number of ether oxygens (including phenoxy) is 2. The summed E-state index contributed by atoms with van der Waals surface area (Å²) in [7, 11) is 0.561. The Bertz CT molecular complexity index is 2070. The third-order valence-corrected chi connectivity index (χ3v) is 9.88. The van der Waals surface area contributed by atoms with E-state index in [1.54, 1.807) is 58.5 Å². The van der Waals surface area contributed by atoms with Crippen molar-refractivity contribution in [3.8, 4) is 5.75 Å². The Kier molecular flexibility index (Phi) is 7.37. The molecule has 2 aromatic carbocycles. The van der Waals surface area contributed by atoms with E-state index in [4.69, 9.17) is 25.2 Å². The van der Waals surface area contributed by atoms with Gasteiger partial charge in [-0.25, -0.2) is 0 Å². The lowest BCUT2D eigenvalue weighted by atomic mass is 9.77. The molecular weight excluding hydrogens is 603 g/mol. The summed E-state index contributed by atoms with van der Waals surface area (Å²) in [5.74, 6) is 1.47. The van der Waals surface area contributed by atoms with E-state index in [2.05, 4.69) is 35.5 Å². The van der Waals surface area contributed by atoms with E-state index < -0.39 is 7.14 Å². The van der Waals surface area contributed by atoms with Crippen molar-refractivity contribution in [3.63, 3.8) is 0 Å². The fraction of sp³-hybridized carbons (Fsp3) is 0.281. The number of anilines is 5. The lowest BCUT2D eigenvalue weighted by Crippen LogP contribution is -2.66. The summed E-state index contributed by atoms with van der Waals surface area (Å²) in [6.45, 7) is 6.79. The van der Waals surface area contributed by atoms with Crippen molar-refractivity contribution in [1.29, 1.82) is 0 Å². The first-order valence-electron chi connectivity index (χ1n) is 14.8. The SMILES string of the molecule is CN=CC(=CN)c1cc(Nc2nc(Nc3ccc4nccnc4c3P(C)(C)=O)c3cc[nH]c3n2)c(OC)cc1N1CC2(COC2)C1. The minimum absolute atomic E-state index is 0.219. The molecule has 2 fully saturated rings. The predicted molar refractivity (Wildman–Crippen MR) is 184 cm³/mol. The van der Waals surface area contributed by atoms with E-state index in [1.807, 2.05) is 30.3 Å². The monoisotopic (exact) mass is 638 g/mol. The molecule has 0 bridgehead atoms. The fourth-order valence-corrected chi connectivity index (χ4v) is 7.58. The summed E-state index contributed by atoms with van der Waals surface area (Å²) in [4.78, 5) is 28.3. The number of nitrogens with two attached hydrogens (primary N) is 1. The normalized spacial score (nSPS) is 16.2. The zero-order valence-electron chi connectivity index (χ0n) is 26.0. The van der Waals surface area contributed by atoms with Gasteiger partial charge in [-0.3, -0.25) is 15.0 Å². The number of rotatable bonds is 9. The highest BCUT2D eigenvalue weighted by Crippen LogP contribution is 2.46. The average molecular weight is 639 g/mol. The maximum atomic E-state index is 13.5. The molecular formula is C32H35N10O3P. The molecule has 0 radical (unpaired) electrons. The van der Waals surface area contributed by atoms with Crippen molar-refractivity contribution >= 4 is 75.1 Å². The van der Waals surface area contributed by atoms with E-state index >= 15 is 0 Å². The Labute approximate surface area is 265 Å². The summed E-state index contributed by atoms with van der Waals surface area (Å²) >= 11 is 0. The van der Waals surface area contributed by atoms with Gasteiger partial charge >= 0.3 is 0 Å². The second kappa shape index (κ2) is 11.4. The van der Waals surface area contributed by atoms with Crippen molar-refractivity contribution in [2.75, 3.05) is 69.3 Å². The van der Waals surface area contributed by atoms with Crippen LogP contribution in [0, 0.1) is 5.41 Å². The summed E-state index contributed by atoms with van der Waals surface area (Å²) < 4.78 is 24.9. The molecule has 5 N–H and O–H groups in total. The Morgan fingerprint density at radius 1 is 1.13 bits per heavy atom. The van der Waals surface area contributed by atoms with Gasteiger partial charge in [-0.05, 0) is 37.6 Å². The van der Waals surface area contributed by atoms with Gasteiger partial charge in [-0.15, -0.1) is 0 Å². The van der Waals surface area contributed by atoms with Crippen molar-refractivity contribution in [2.45, 2.75) is 0 Å². The van der Waals surface area contributed by atoms with Gasteiger partial charge in [0.25, 0.3) is 0 Å². The third kappa shape index (κ3) is 5.21. The molecule has 14 heteroatoms. The highest BCUT2D eigenvalue weighted by atomic mass is 31.2. The van der Waals surface area contributed by atoms with Gasteiger partial charge in [0.1, 0.15) is 29.9 Å². The van der Waals surface area contributed by atoms with Gasteiger partial charge in [0.15, 0.2) is 0 Å². The molecule has 5 heterocycles. The maximum Gasteiger partial charge on any atom is 0.231 e. The van der Waals surface area contributed by atoms with Crippen LogP contribution < -0.4 is 31.3 Å². The minimum Gasteiger partial charge on any atom is -0.494 e. The number of benzene rings is 2. The number of allylic oxidation sites excluding steroid dienone is 1. The Hall–Kier alpha value is -5.00. The second-order valence-electron chi connectivity index (χ2n) is 12.1. The van der Waals surface area contributed by atoms with Gasteiger partial charge in [0.2, 0.25) is 5.95 Å². The quantitative estimate of drug-likeness (QED) is 0.133. The predicted octanol–water partition coefficient (Wildman–Crippen LogP) is 4.48. The molecule has 3 aromatic heterocycles. The van der Waals surface area contributed by atoms with E-state index in [1.165, 1.54) is 0 Å². The van der Waals surface area contributed by atoms with E-state index in [0.29, 0.717) is 50.9 Å². The molecule has 2 aliphatic heterocycles. The van der Waals surface area contributed by atoms with Crippen LogP contribution in [0.3, 0.4) is 0 Å². The molecule has 0 aliphatic carbocycles. The van der Waals surface area contributed by atoms with E-state index in [-0.39, 0.29) is 5.41 Å². The number of hydrogen-bond donors (Lipinski definition) is 4. The highest BCUT2D eigenvalue weighted by Gasteiger charge is 2.49. The van der Waals surface area contributed by atoms with Crippen LogP contribution in [0.25, 0.3) is 27.6 Å². The molecule has 2 aliphatic rings. The number of H-pyrrole nitrogens is 1. The number of methoxy groups -OCH3 is 1. The average Bonchev–Trinajstić information content (AvgIpc) is 3.47. The topological polar surface area (TPSA) is 169 Å². The second-order valence-corrected chi connectivity index (χ2v) is 15.2. The maximum absolute atomic E-state index is 13.5. The summed E-state index contributed by atoms with van der Waals surface area (Å²) in [6.07, 6.45) is 8.33. The first kappa shape index (κ1) is 29.7. The zero-order chi connectivity index (χ0) is 32.1.